The molecular weight excluding hydrogens is 292 g/mol. The lowest BCUT2D eigenvalue weighted by Crippen LogP contribution is -2.34. The molecule has 0 aliphatic heterocycles. The van der Waals surface area contributed by atoms with Crippen molar-refractivity contribution < 1.29 is 14.7 Å². The van der Waals surface area contributed by atoms with Gasteiger partial charge in [-0.25, -0.2) is 0 Å². The van der Waals surface area contributed by atoms with Crippen LogP contribution < -0.4 is 5.32 Å². The van der Waals surface area contributed by atoms with E-state index in [1.165, 1.54) is 0 Å². The Morgan fingerprint density at radius 2 is 1.87 bits per heavy atom. The zero-order valence-electron chi connectivity index (χ0n) is 14.7. The van der Waals surface area contributed by atoms with Gasteiger partial charge in [-0.3, -0.25) is 9.59 Å². The summed E-state index contributed by atoms with van der Waals surface area (Å²) in [4.78, 5) is 26.3. The van der Waals surface area contributed by atoms with Crippen LogP contribution in [0, 0.1) is 11.3 Å². The summed E-state index contributed by atoms with van der Waals surface area (Å²) in [6, 6.07) is 6.72. The summed E-state index contributed by atoms with van der Waals surface area (Å²) in [6.07, 6.45) is 0. The number of carbonyl (C=O) groups is 2. The van der Waals surface area contributed by atoms with Gasteiger partial charge in [0.2, 0.25) is 0 Å². The third-order valence-corrected chi connectivity index (χ3v) is 3.35. The standard InChI is InChI=1S/C18H28N2O3/c1-13(11-21)10-19-16(22)14-7-6-8-15(9-14)17(23)20(5)12-18(2,3)4/h6-9,13,21H,10-12H2,1-5H3,(H,19,22). The largest absolute Gasteiger partial charge is 0.396 e. The third-order valence-electron chi connectivity index (χ3n) is 3.35. The molecule has 23 heavy (non-hydrogen) atoms. The van der Waals surface area contributed by atoms with Crippen molar-refractivity contribution in [3.63, 3.8) is 0 Å². The number of aliphatic hydroxyl groups excluding tert-OH is 1. The lowest BCUT2D eigenvalue weighted by molar-refractivity contribution is 0.0745. The lowest BCUT2D eigenvalue weighted by Gasteiger charge is -2.26. The molecule has 1 atom stereocenters. The Morgan fingerprint density at radius 3 is 2.43 bits per heavy atom. The van der Waals surface area contributed by atoms with E-state index in [2.05, 4.69) is 26.1 Å². The molecule has 0 aliphatic rings. The highest BCUT2D eigenvalue weighted by Crippen LogP contribution is 2.16. The SMILES string of the molecule is CC(CO)CNC(=O)c1cccc(C(=O)N(C)CC(C)(C)C)c1. The molecular formula is C18H28N2O3. The van der Waals surface area contributed by atoms with Gasteiger partial charge in [-0.1, -0.05) is 33.8 Å². The summed E-state index contributed by atoms with van der Waals surface area (Å²) in [5.74, 6) is -0.335. The first-order valence-electron chi connectivity index (χ1n) is 7.88. The molecule has 1 aromatic rings. The van der Waals surface area contributed by atoms with Crippen LogP contribution in [0.4, 0.5) is 0 Å². The maximum Gasteiger partial charge on any atom is 0.253 e. The van der Waals surface area contributed by atoms with Crippen molar-refractivity contribution >= 4 is 11.8 Å². The van der Waals surface area contributed by atoms with E-state index in [1.54, 1.807) is 36.2 Å². The van der Waals surface area contributed by atoms with Crippen molar-refractivity contribution in [2.24, 2.45) is 11.3 Å². The first kappa shape index (κ1) is 19.2. The fraction of sp³-hybridized carbons (Fsp3) is 0.556. The Morgan fingerprint density at radius 1 is 1.26 bits per heavy atom. The normalized spacial score (nSPS) is 12.6. The van der Waals surface area contributed by atoms with Gasteiger partial charge in [0.1, 0.15) is 0 Å². The highest BCUT2D eigenvalue weighted by Gasteiger charge is 2.19. The van der Waals surface area contributed by atoms with Crippen LogP contribution in [-0.4, -0.2) is 48.6 Å². The average Bonchev–Trinajstić information content (AvgIpc) is 2.49. The maximum absolute atomic E-state index is 12.5. The molecule has 5 heteroatoms. The van der Waals surface area contributed by atoms with E-state index < -0.39 is 0 Å². The van der Waals surface area contributed by atoms with E-state index in [1.807, 2.05) is 6.92 Å². The van der Waals surface area contributed by atoms with Gasteiger partial charge < -0.3 is 15.3 Å². The van der Waals surface area contributed by atoms with Gasteiger partial charge in [0.25, 0.3) is 11.8 Å². The number of hydrogen-bond donors (Lipinski definition) is 2. The van der Waals surface area contributed by atoms with Crippen LogP contribution in [-0.2, 0) is 0 Å². The molecule has 2 amide bonds. The molecule has 0 fully saturated rings. The van der Waals surface area contributed by atoms with Gasteiger partial charge in [-0.2, -0.15) is 0 Å². The number of nitrogens with one attached hydrogen (secondary N) is 1. The second-order valence-corrected chi connectivity index (χ2v) is 7.30. The van der Waals surface area contributed by atoms with Crippen molar-refractivity contribution in [3.05, 3.63) is 35.4 Å². The molecule has 1 unspecified atom stereocenters. The molecule has 1 rings (SSSR count). The van der Waals surface area contributed by atoms with Crippen LogP contribution in [0.15, 0.2) is 24.3 Å². The van der Waals surface area contributed by atoms with Crippen LogP contribution in [0.3, 0.4) is 0 Å². The van der Waals surface area contributed by atoms with Gasteiger partial charge in [-0.15, -0.1) is 0 Å². The maximum atomic E-state index is 12.5. The van der Waals surface area contributed by atoms with Crippen molar-refractivity contribution in [2.45, 2.75) is 27.7 Å². The minimum Gasteiger partial charge on any atom is -0.396 e. The van der Waals surface area contributed by atoms with E-state index in [4.69, 9.17) is 5.11 Å². The molecule has 0 bridgehead atoms. The number of carbonyl (C=O) groups excluding carboxylic acids is 2. The van der Waals surface area contributed by atoms with E-state index >= 15 is 0 Å². The molecule has 0 radical (unpaired) electrons. The summed E-state index contributed by atoms with van der Waals surface area (Å²) in [5, 5.41) is 11.7. The fourth-order valence-corrected chi connectivity index (χ4v) is 2.23. The number of nitrogens with zero attached hydrogens (tertiary/aromatic N) is 1. The van der Waals surface area contributed by atoms with Gasteiger partial charge in [0, 0.05) is 37.9 Å². The van der Waals surface area contributed by atoms with Crippen LogP contribution in [0.25, 0.3) is 0 Å². The first-order chi connectivity index (χ1) is 10.6. The third kappa shape index (κ3) is 6.40. The average molecular weight is 320 g/mol. The molecule has 0 heterocycles. The second kappa shape index (κ2) is 8.11. The van der Waals surface area contributed by atoms with Gasteiger partial charge in [0.15, 0.2) is 0 Å². The van der Waals surface area contributed by atoms with Crippen molar-refractivity contribution in [1.29, 1.82) is 0 Å². The quantitative estimate of drug-likeness (QED) is 0.844. The number of amides is 2. The zero-order chi connectivity index (χ0) is 17.6. The summed E-state index contributed by atoms with van der Waals surface area (Å²) >= 11 is 0. The van der Waals surface area contributed by atoms with Gasteiger partial charge >= 0.3 is 0 Å². The number of aliphatic hydroxyl groups is 1. The van der Waals surface area contributed by atoms with Crippen LogP contribution >= 0.6 is 0 Å². The van der Waals surface area contributed by atoms with Crippen molar-refractivity contribution in [3.8, 4) is 0 Å². The second-order valence-electron chi connectivity index (χ2n) is 7.30. The smallest absolute Gasteiger partial charge is 0.253 e. The Kier molecular flexibility index (Phi) is 6.76. The van der Waals surface area contributed by atoms with E-state index in [9.17, 15) is 9.59 Å². The number of benzene rings is 1. The zero-order valence-corrected chi connectivity index (χ0v) is 14.7. The monoisotopic (exact) mass is 320 g/mol. The predicted octanol–water partition coefficient (Wildman–Crippen LogP) is 2.16. The molecule has 0 saturated carbocycles. The van der Waals surface area contributed by atoms with E-state index in [0.717, 1.165) is 0 Å². The molecule has 0 aliphatic carbocycles. The number of hydrogen-bond acceptors (Lipinski definition) is 3. The minimum atomic E-state index is -0.238. The van der Waals surface area contributed by atoms with Crippen LogP contribution in [0.2, 0.25) is 0 Å². The highest BCUT2D eigenvalue weighted by atomic mass is 16.3. The van der Waals surface area contributed by atoms with Crippen LogP contribution in [0.1, 0.15) is 48.4 Å². The summed E-state index contributed by atoms with van der Waals surface area (Å²) < 4.78 is 0. The molecule has 2 N–H and O–H groups in total. The van der Waals surface area contributed by atoms with Gasteiger partial charge in [-0.05, 0) is 29.5 Å². The number of rotatable bonds is 6. The molecule has 5 nitrogen and oxygen atoms in total. The highest BCUT2D eigenvalue weighted by molar-refractivity contribution is 5.99. The Hall–Kier alpha value is -1.88. The fourth-order valence-electron chi connectivity index (χ4n) is 2.23. The Bertz CT molecular complexity index is 549. The van der Waals surface area contributed by atoms with Gasteiger partial charge in [0.05, 0.1) is 0 Å². The van der Waals surface area contributed by atoms with Crippen LogP contribution in [0.5, 0.6) is 0 Å². The minimum absolute atomic E-state index is 0.00156. The molecule has 1 aromatic carbocycles. The molecule has 128 valence electrons. The summed E-state index contributed by atoms with van der Waals surface area (Å²) in [6.45, 7) is 9.13. The van der Waals surface area contributed by atoms with E-state index in [-0.39, 0.29) is 29.8 Å². The topological polar surface area (TPSA) is 69.6 Å². The summed E-state index contributed by atoms with van der Waals surface area (Å²) in [5.41, 5.74) is 0.963. The van der Waals surface area contributed by atoms with E-state index in [0.29, 0.717) is 24.2 Å². The van der Waals surface area contributed by atoms with Crippen molar-refractivity contribution in [2.75, 3.05) is 26.7 Å². The predicted molar refractivity (Wildman–Crippen MR) is 91.4 cm³/mol. The Labute approximate surface area is 138 Å². The molecule has 0 aromatic heterocycles. The molecule has 0 saturated heterocycles. The Balaban J connectivity index is 2.79. The molecule has 0 spiro atoms. The summed E-state index contributed by atoms with van der Waals surface area (Å²) in [7, 11) is 1.77. The first-order valence-corrected chi connectivity index (χ1v) is 7.88. The van der Waals surface area contributed by atoms with Crippen molar-refractivity contribution in [1.82, 2.24) is 10.2 Å². The lowest BCUT2D eigenvalue weighted by atomic mass is 9.96.